The minimum atomic E-state index is -1.02. The van der Waals surface area contributed by atoms with E-state index in [1.54, 1.807) is 6.08 Å². The molecule has 0 aliphatic rings. The van der Waals surface area contributed by atoms with Crippen LogP contribution in [0, 0.1) is 5.92 Å². The smallest absolute Gasteiger partial charge is 0.353 e. The van der Waals surface area contributed by atoms with Gasteiger partial charge in [-0.3, -0.25) is 10.3 Å². The summed E-state index contributed by atoms with van der Waals surface area (Å²) < 4.78 is 0. The summed E-state index contributed by atoms with van der Waals surface area (Å²) in [5.74, 6) is -0.874. The Morgan fingerprint density at radius 1 is 1.41 bits per heavy atom. The third-order valence-electron chi connectivity index (χ3n) is 1.99. The van der Waals surface area contributed by atoms with Crippen molar-refractivity contribution in [3.8, 4) is 0 Å². The summed E-state index contributed by atoms with van der Waals surface area (Å²) in [4.78, 5) is 16.0. The summed E-state index contributed by atoms with van der Waals surface area (Å²) in [6, 6.07) is 9.54. The van der Waals surface area contributed by atoms with Gasteiger partial charge in [0.2, 0.25) is 0 Å². The number of carbonyl (C=O) groups is 1. The van der Waals surface area contributed by atoms with Crippen LogP contribution in [0.15, 0.2) is 42.1 Å². The summed E-state index contributed by atoms with van der Waals surface area (Å²) in [7, 11) is 0. The molecule has 1 aromatic carbocycles. The number of aliphatic carboxylic acids is 1. The molecule has 1 aromatic rings. The maximum absolute atomic E-state index is 10.9. The van der Waals surface area contributed by atoms with E-state index in [0.717, 1.165) is 5.56 Å². The Hall–Kier alpha value is -1.81. The number of allylic oxidation sites excluding steroid dienone is 1. The average molecular weight is 235 g/mol. The fourth-order valence-electron chi connectivity index (χ4n) is 1.25. The van der Waals surface area contributed by atoms with E-state index >= 15 is 0 Å². The third-order valence-corrected chi connectivity index (χ3v) is 1.99. The van der Waals surface area contributed by atoms with E-state index in [0.29, 0.717) is 6.61 Å². The second-order valence-electron chi connectivity index (χ2n) is 4.01. The first-order valence-corrected chi connectivity index (χ1v) is 5.46. The number of rotatable bonds is 6. The molecule has 0 aliphatic heterocycles. The predicted octanol–water partition coefficient (Wildman–Crippen LogP) is 2.33. The Balaban J connectivity index is 2.46. The summed E-state index contributed by atoms with van der Waals surface area (Å²) >= 11 is 0. The van der Waals surface area contributed by atoms with Gasteiger partial charge in [-0.1, -0.05) is 44.2 Å². The lowest BCUT2D eigenvalue weighted by atomic mass is 10.2. The van der Waals surface area contributed by atoms with Crippen LogP contribution >= 0.6 is 0 Å². The largest absolute Gasteiger partial charge is 0.477 e. The van der Waals surface area contributed by atoms with E-state index in [4.69, 9.17) is 9.94 Å². The van der Waals surface area contributed by atoms with Crippen molar-refractivity contribution in [2.75, 3.05) is 0 Å². The first-order valence-electron chi connectivity index (χ1n) is 5.46. The molecule has 0 aromatic heterocycles. The molecule has 0 bridgehead atoms. The Morgan fingerprint density at radius 3 is 2.59 bits per heavy atom. The van der Waals surface area contributed by atoms with Crippen LogP contribution in [-0.4, -0.2) is 11.1 Å². The number of benzene rings is 1. The first kappa shape index (κ1) is 13.3. The van der Waals surface area contributed by atoms with E-state index in [1.807, 2.05) is 44.2 Å². The van der Waals surface area contributed by atoms with E-state index in [-0.39, 0.29) is 11.6 Å². The number of hydrogen-bond acceptors (Lipinski definition) is 3. The maximum Gasteiger partial charge on any atom is 0.353 e. The lowest BCUT2D eigenvalue weighted by molar-refractivity contribution is -0.135. The van der Waals surface area contributed by atoms with E-state index < -0.39 is 5.97 Å². The molecule has 0 heterocycles. The van der Waals surface area contributed by atoms with Gasteiger partial charge >= 0.3 is 5.97 Å². The molecule has 1 rings (SSSR count). The van der Waals surface area contributed by atoms with Gasteiger partial charge in [-0.15, -0.1) is 0 Å². The third kappa shape index (κ3) is 5.17. The highest BCUT2D eigenvalue weighted by atomic mass is 16.6. The van der Waals surface area contributed by atoms with Gasteiger partial charge in [0.05, 0.1) is 6.61 Å². The molecular formula is C13H17NO3. The standard InChI is InChI=1S/C13H17NO3/c1-10(2)8-12(13(15)16)14-17-9-11-6-4-3-5-7-11/h3-8,10,14H,9H2,1-2H3,(H,15,16)/b12-8+. The Labute approximate surface area is 101 Å². The molecule has 4 heteroatoms. The highest BCUT2D eigenvalue weighted by Crippen LogP contribution is 2.02. The number of carboxylic acids is 1. The molecule has 0 saturated carbocycles. The van der Waals surface area contributed by atoms with Crippen LogP contribution < -0.4 is 5.48 Å². The molecule has 0 radical (unpaired) electrons. The topological polar surface area (TPSA) is 58.6 Å². The normalized spacial score (nSPS) is 11.6. The molecule has 4 nitrogen and oxygen atoms in total. The van der Waals surface area contributed by atoms with Gasteiger partial charge in [0, 0.05) is 0 Å². The summed E-state index contributed by atoms with van der Waals surface area (Å²) in [5, 5.41) is 8.91. The van der Waals surface area contributed by atoms with Crippen molar-refractivity contribution in [2.24, 2.45) is 5.92 Å². The Morgan fingerprint density at radius 2 is 2.06 bits per heavy atom. The molecule has 0 atom stereocenters. The monoisotopic (exact) mass is 235 g/mol. The van der Waals surface area contributed by atoms with Crippen molar-refractivity contribution in [2.45, 2.75) is 20.5 Å². The first-order chi connectivity index (χ1) is 8.09. The number of hydrogen-bond donors (Lipinski definition) is 2. The van der Waals surface area contributed by atoms with Crippen molar-refractivity contribution < 1.29 is 14.7 Å². The average Bonchev–Trinajstić information content (AvgIpc) is 2.28. The van der Waals surface area contributed by atoms with Crippen molar-refractivity contribution in [3.05, 3.63) is 47.7 Å². The minimum Gasteiger partial charge on any atom is -0.477 e. The molecule has 2 N–H and O–H groups in total. The van der Waals surface area contributed by atoms with Crippen LogP contribution in [0.3, 0.4) is 0 Å². The highest BCUT2D eigenvalue weighted by Gasteiger charge is 2.07. The van der Waals surface area contributed by atoms with Gasteiger partial charge < -0.3 is 5.11 Å². The van der Waals surface area contributed by atoms with Crippen molar-refractivity contribution in [3.63, 3.8) is 0 Å². The van der Waals surface area contributed by atoms with Crippen molar-refractivity contribution in [1.29, 1.82) is 0 Å². The molecule has 0 unspecified atom stereocenters. The van der Waals surface area contributed by atoms with Crippen LogP contribution in [-0.2, 0) is 16.2 Å². The van der Waals surface area contributed by atoms with E-state index in [9.17, 15) is 4.79 Å². The lowest BCUT2D eigenvalue weighted by Gasteiger charge is -2.08. The van der Waals surface area contributed by atoms with Crippen LogP contribution in [0.4, 0.5) is 0 Å². The fourth-order valence-corrected chi connectivity index (χ4v) is 1.25. The minimum absolute atomic E-state index is 0.0657. The lowest BCUT2D eigenvalue weighted by Crippen LogP contribution is -2.21. The van der Waals surface area contributed by atoms with Crippen molar-refractivity contribution in [1.82, 2.24) is 5.48 Å². The molecule has 0 saturated heterocycles. The molecular weight excluding hydrogens is 218 g/mol. The fraction of sp³-hybridized carbons (Fsp3) is 0.308. The molecule has 92 valence electrons. The van der Waals surface area contributed by atoms with Crippen molar-refractivity contribution >= 4 is 5.97 Å². The van der Waals surface area contributed by atoms with E-state index in [2.05, 4.69) is 5.48 Å². The van der Waals surface area contributed by atoms with Gasteiger partial charge in [0.25, 0.3) is 0 Å². The molecule has 17 heavy (non-hydrogen) atoms. The second kappa shape index (κ2) is 6.70. The molecule has 0 spiro atoms. The highest BCUT2D eigenvalue weighted by molar-refractivity contribution is 5.85. The van der Waals surface area contributed by atoms with Gasteiger partial charge in [0.1, 0.15) is 5.70 Å². The summed E-state index contributed by atoms with van der Waals surface area (Å²) in [6.07, 6.45) is 1.60. The zero-order valence-corrected chi connectivity index (χ0v) is 10.0. The summed E-state index contributed by atoms with van der Waals surface area (Å²) in [5.41, 5.74) is 3.51. The maximum atomic E-state index is 10.9. The predicted molar refractivity (Wildman–Crippen MR) is 64.9 cm³/mol. The SMILES string of the molecule is CC(C)/C=C(/NOCc1ccccc1)C(=O)O. The number of carboxylic acid groups (broad SMARTS) is 1. The molecule has 0 aliphatic carbocycles. The van der Waals surface area contributed by atoms with Crippen LogP contribution in [0.2, 0.25) is 0 Å². The van der Waals surface area contributed by atoms with Crippen LogP contribution in [0.5, 0.6) is 0 Å². The van der Waals surface area contributed by atoms with Gasteiger partial charge in [0.15, 0.2) is 0 Å². The zero-order chi connectivity index (χ0) is 12.7. The van der Waals surface area contributed by atoms with Gasteiger partial charge in [-0.25, -0.2) is 4.79 Å². The number of nitrogens with one attached hydrogen (secondary N) is 1. The Bertz CT molecular complexity index is 385. The van der Waals surface area contributed by atoms with Gasteiger partial charge in [-0.05, 0) is 17.6 Å². The van der Waals surface area contributed by atoms with E-state index in [1.165, 1.54) is 0 Å². The molecule has 0 fully saturated rings. The van der Waals surface area contributed by atoms with Crippen LogP contribution in [0.25, 0.3) is 0 Å². The summed E-state index contributed by atoms with van der Waals surface area (Å²) in [6.45, 7) is 4.13. The van der Waals surface area contributed by atoms with Crippen LogP contribution in [0.1, 0.15) is 19.4 Å². The van der Waals surface area contributed by atoms with Gasteiger partial charge in [-0.2, -0.15) is 0 Å². The second-order valence-corrected chi connectivity index (χ2v) is 4.01. The Kier molecular flexibility index (Phi) is 5.23. The number of hydroxylamine groups is 1. The zero-order valence-electron chi connectivity index (χ0n) is 10.0. The quantitative estimate of drug-likeness (QED) is 0.587. The molecule has 0 amide bonds.